The van der Waals surface area contributed by atoms with Gasteiger partial charge in [0, 0.05) is 39.1 Å². The van der Waals surface area contributed by atoms with Crippen molar-refractivity contribution in [3.05, 3.63) is 59.2 Å². The molecule has 2 aliphatic rings. The Morgan fingerprint density at radius 2 is 1.80 bits per heavy atom. The second-order valence-electron chi connectivity index (χ2n) is 9.18. The van der Waals surface area contributed by atoms with Crippen LogP contribution in [0, 0.1) is 12.8 Å². The van der Waals surface area contributed by atoms with E-state index in [1.54, 1.807) is 19.1 Å². The molecule has 2 fully saturated rings. The minimum atomic E-state index is -0.344. The quantitative estimate of drug-likeness (QED) is 0.593. The zero-order valence-corrected chi connectivity index (χ0v) is 20.8. The molecule has 2 heterocycles. The molecule has 2 aromatic rings. The molecule has 0 aromatic heterocycles. The number of rotatable bonds is 9. The first kappa shape index (κ1) is 25.0. The summed E-state index contributed by atoms with van der Waals surface area (Å²) >= 11 is 0. The third-order valence-electron chi connectivity index (χ3n) is 6.83. The maximum Gasteiger partial charge on any atom is 0.225 e. The molecule has 2 atom stereocenters. The second kappa shape index (κ2) is 11.6. The third kappa shape index (κ3) is 6.13. The monoisotopic (exact) mass is 481 g/mol. The Morgan fingerprint density at radius 1 is 1.09 bits per heavy atom. The van der Waals surface area contributed by atoms with Gasteiger partial charge in [0.25, 0.3) is 0 Å². The number of morpholine rings is 1. The van der Waals surface area contributed by atoms with Crippen molar-refractivity contribution in [2.75, 3.05) is 53.6 Å². The fourth-order valence-electron chi connectivity index (χ4n) is 4.76. The third-order valence-corrected chi connectivity index (χ3v) is 6.83. The number of likely N-dealkylation sites (tertiary alicyclic amines) is 1. The van der Waals surface area contributed by atoms with Gasteiger partial charge in [0.05, 0.1) is 39.4 Å². The first-order chi connectivity index (χ1) is 17.0. The number of amides is 2. The van der Waals surface area contributed by atoms with Crippen LogP contribution in [0.5, 0.6) is 11.5 Å². The molecule has 2 saturated heterocycles. The lowest BCUT2D eigenvalue weighted by Gasteiger charge is -2.35. The van der Waals surface area contributed by atoms with E-state index in [1.165, 1.54) is 5.56 Å². The Morgan fingerprint density at radius 3 is 2.49 bits per heavy atom. The number of benzene rings is 2. The summed E-state index contributed by atoms with van der Waals surface area (Å²) in [5.41, 5.74) is 3.29. The van der Waals surface area contributed by atoms with Crippen LogP contribution < -0.4 is 14.8 Å². The Labute approximate surface area is 207 Å². The minimum absolute atomic E-state index is 0.0235. The number of carbonyl (C=O) groups is 2. The molecule has 8 nitrogen and oxygen atoms in total. The van der Waals surface area contributed by atoms with Crippen LogP contribution in [0.4, 0.5) is 0 Å². The Balaban J connectivity index is 1.41. The lowest BCUT2D eigenvalue weighted by atomic mass is 10.0. The lowest BCUT2D eigenvalue weighted by Crippen LogP contribution is -2.45. The van der Waals surface area contributed by atoms with E-state index in [2.05, 4.69) is 10.2 Å². The van der Waals surface area contributed by atoms with E-state index < -0.39 is 0 Å². The molecule has 0 aliphatic carbocycles. The van der Waals surface area contributed by atoms with E-state index in [9.17, 15) is 9.59 Å². The van der Waals surface area contributed by atoms with E-state index in [0.29, 0.717) is 44.3 Å². The topological polar surface area (TPSA) is 80.3 Å². The zero-order valence-electron chi connectivity index (χ0n) is 20.8. The number of ether oxygens (including phenoxy) is 3. The number of carbonyl (C=O) groups excluding carboxylic acids is 2. The van der Waals surface area contributed by atoms with Gasteiger partial charge in [0.15, 0.2) is 11.5 Å². The van der Waals surface area contributed by atoms with Gasteiger partial charge in [-0.3, -0.25) is 14.5 Å². The van der Waals surface area contributed by atoms with E-state index in [-0.39, 0.29) is 30.2 Å². The highest BCUT2D eigenvalue weighted by Gasteiger charge is 2.35. The summed E-state index contributed by atoms with van der Waals surface area (Å²) in [5, 5.41) is 3.13. The fourth-order valence-corrected chi connectivity index (χ4v) is 4.76. The number of nitrogens with zero attached hydrogens (tertiary/aromatic N) is 2. The smallest absolute Gasteiger partial charge is 0.225 e. The van der Waals surface area contributed by atoms with Gasteiger partial charge >= 0.3 is 0 Å². The van der Waals surface area contributed by atoms with Gasteiger partial charge in [0.1, 0.15) is 0 Å². The van der Waals surface area contributed by atoms with Gasteiger partial charge in [-0.25, -0.2) is 0 Å². The van der Waals surface area contributed by atoms with Gasteiger partial charge in [-0.1, -0.05) is 35.9 Å². The van der Waals surface area contributed by atoms with E-state index >= 15 is 0 Å². The molecule has 35 heavy (non-hydrogen) atoms. The van der Waals surface area contributed by atoms with Crippen molar-refractivity contribution in [3.8, 4) is 11.5 Å². The molecule has 0 bridgehead atoms. The van der Waals surface area contributed by atoms with Crippen LogP contribution >= 0.6 is 0 Å². The van der Waals surface area contributed by atoms with Gasteiger partial charge < -0.3 is 24.4 Å². The zero-order chi connectivity index (χ0) is 24.8. The largest absolute Gasteiger partial charge is 0.493 e. The van der Waals surface area contributed by atoms with E-state index in [4.69, 9.17) is 14.2 Å². The van der Waals surface area contributed by atoms with E-state index in [0.717, 1.165) is 24.2 Å². The molecular weight excluding hydrogens is 446 g/mol. The molecule has 1 N–H and O–H groups in total. The van der Waals surface area contributed by atoms with Crippen LogP contribution in [-0.4, -0.2) is 75.2 Å². The number of aryl methyl sites for hydroxylation is 1. The normalized spacial score (nSPS) is 19.5. The molecule has 4 rings (SSSR count). The average Bonchev–Trinajstić information content (AvgIpc) is 3.26. The molecule has 188 valence electrons. The van der Waals surface area contributed by atoms with Crippen LogP contribution in [0.2, 0.25) is 0 Å². The second-order valence-corrected chi connectivity index (χ2v) is 9.18. The minimum Gasteiger partial charge on any atom is -0.493 e. The molecule has 2 unspecified atom stereocenters. The summed E-state index contributed by atoms with van der Waals surface area (Å²) in [6.07, 6.45) is 0.246. The highest BCUT2D eigenvalue weighted by molar-refractivity contribution is 5.89. The van der Waals surface area contributed by atoms with Crippen LogP contribution in [-0.2, 0) is 20.9 Å². The van der Waals surface area contributed by atoms with Gasteiger partial charge in [0.2, 0.25) is 11.8 Å². The molecule has 0 saturated carbocycles. The van der Waals surface area contributed by atoms with Crippen molar-refractivity contribution in [3.63, 3.8) is 0 Å². The van der Waals surface area contributed by atoms with Crippen LogP contribution in [0.25, 0.3) is 0 Å². The summed E-state index contributed by atoms with van der Waals surface area (Å²) in [6, 6.07) is 14.0. The Bertz CT molecular complexity index is 1020. The van der Waals surface area contributed by atoms with Gasteiger partial charge in [-0.15, -0.1) is 0 Å². The van der Waals surface area contributed by atoms with Gasteiger partial charge in [-0.05, 0) is 30.2 Å². The standard InChI is InChI=1S/C27H35N3O5/c1-19-4-6-20(7-5-19)17-30-18-22(15-26(30)31)27(32)28-16-23(29-10-12-35-13-11-29)21-8-9-24(33-2)25(14-21)34-3/h4-9,14,22-23H,10-13,15-18H2,1-3H3,(H,28,32). The number of nitrogens with one attached hydrogen (secondary N) is 1. The maximum atomic E-state index is 13.1. The predicted octanol–water partition coefficient (Wildman–Crippen LogP) is 2.55. The first-order valence-electron chi connectivity index (χ1n) is 12.1. The summed E-state index contributed by atoms with van der Waals surface area (Å²) in [5.74, 6) is 0.921. The van der Waals surface area contributed by atoms with Crippen LogP contribution in [0.1, 0.15) is 29.2 Å². The summed E-state index contributed by atoms with van der Waals surface area (Å²) < 4.78 is 16.4. The van der Waals surface area contributed by atoms with Gasteiger partial charge in [-0.2, -0.15) is 0 Å². The molecule has 0 radical (unpaired) electrons. The summed E-state index contributed by atoms with van der Waals surface area (Å²) in [4.78, 5) is 29.8. The SMILES string of the molecule is COc1ccc(C(CNC(=O)C2CC(=O)N(Cc3ccc(C)cc3)C2)N2CCOCC2)cc1OC. The summed E-state index contributed by atoms with van der Waals surface area (Å²) in [6.45, 7) is 6.32. The molecule has 2 amide bonds. The van der Waals surface area contributed by atoms with Crippen molar-refractivity contribution in [1.82, 2.24) is 15.1 Å². The lowest BCUT2D eigenvalue weighted by molar-refractivity contribution is -0.129. The first-order valence-corrected chi connectivity index (χ1v) is 12.1. The Hall–Kier alpha value is -3.10. The number of hydrogen-bond donors (Lipinski definition) is 1. The molecule has 2 aromatic carbocycles. The van der Waals surface area contributed by atoms with Crippen molar-refractivity contribution in [1.29, 1.82) is 0 Å². The summed E-state index contributed by atoms with van der Waals surface area (Å²) in [7, 11) is 3.23. The van der Waals surface area contributed by atoms with E-state index in [1.807, 2.05) is 49.4 Å². The molecule has 8 heteroatoms. The molecule has 0 spiro atoms. The highest BCUT2D eigenvalue weighted by atomic mass is 16.5. The number of hydrogen-bond acceptors (Lipinski definition) is 6. The van der Waals surface area contributed by atoms with Crippen LogP contribution in [0.3, 0.4) is 0 Å². The molecule has 2 aliphatic heterocycles. The Kier molecular flexibility index (Phi) is 8.25. The van der Waals surface area contributed by atoms with Crippen molar-refractivity contribution in [2.45, 2.75) is 25.9 Å². The van der Waals surface area contributed by atoms with Crippen molar-refractivity contribution >= 4 is 11.8 Å². The van der Waals surface area contributed by atoms with Crippen LogP contribution in [0.15, 0.2) is 42.5 Å². The fraction of sp³-hybridized carbons (Fsp3) is 0.481. The highest BCUT2D eigenvalue weighted by Crippen LogP contribution is 2.32. The van der Waals surface area contributed by atoms with Crippen molar-refractivity contribution < 1.29 is 23.8 Å². The maximum absolute atomic E-state index is 13.1. The molecular formula is C27H35N3O5. The predicted molar refractivity (Wildman–Crippen MR) is 132 cm³/mol. The average molecular weight is 482 g/mol. The number of methoxy groups -OCH3 is 2. The van der Waals surface area contributed by atoms with Crippen molar-refractivity contribution in [2.24, 2.45) is 5.92 Å².